The SMILES string of the molecule is CCCCCCc1ccc(OC(C)C)cc1. The number of rotatable bonds is 7. The van der Waals surface area contributed by atoms with Crippen LogP contribution in [-0.2, 0) is 6.42 Å². The van der Waals surface area contributed by atoms with Crippen molar-refractivity contribution in [3.05, 3.63) is 29.8 Å². The Kier molecular flexibility index (Phi) is 5.99. The van der Waals surface area contributed by atoms with Gasteiger partial charge in [-0.3, -0.25) is 0 Å². The molecule has 0 saturated carbocycles. The molecule has 0 aliphatic heterocycles. The quantitative estimate of drug-likeness (QED) is 0.610. The molecule has 0 unspecified atom stereocenters. The van der Waals surface area contributed by atoms with Crippen LogP contribution in [0, 0.1) is 0 Å². The van der Waals surface area contributed by atoms with Gasteiger partial charge in [-0.1, -0.05) is 38.3 Å². The van der Waals surface area contributed by atoms with Crippen LogP contribution in [0.2, 0.25) is 0 Å². The summed E-state index contributed by atoms with van der Waals surface area (Å²) in [6.45, 7) is 6.36. The van der Waals surface area contributed by atoms with Crippen LogP contribution in [0.25, 0.3) is 0 Å². The molecule has 0 spiro atoms. The zero-order valence-corrected chi connectivity index (χ0v) is 10.8. The number of hydrogen-bond donors (Lipinski definition) is 0. The Morgan fingerprint density at radius 3 is 2.25 bits per heavy atom. The van der Waals surface area contributed by atoms with Crippen molar-refractivity contribution < 1.29 is 4.74 Å². The second kappa shape index (κ2) is 7.32. The van der Waals surface area contributed by atoms with E-state index < -0.39 is 0 Å². The molecule has 1 rings (SSSR count). The first-order valence-corrected chi connectivity index (χ1v) is 6.48. The molecular weight excluding hydrogens is 196 g/mol. The number of benzene rings is 1. The third kappa shape index (κ3) is 5.20. The van der Waals surface area contributed by atoms with Crippen molar-refractivity contribution in [2.75, 3.05) is 0 Å². The molecule has 0 amide bonds. The topological polar surface area (TPSA) is 9.23 Å². The second-order valence-corrected chi connectivity index (χ2v) is 4.62. The van der Waals surface area contributed by atoms with Gasteiger partial charge >= 0.3 is 0 Å². The summed E-state index contributed by atoms with van der Waals surface area (Å²) in [5, 5.41) is 0. The van der Waals surface area contributed by atoms with Crippen LogP contribution in [0.15, 0.2) is 24.3 Å². The molecule has 0 aliphatic carbocycles. The third-order valence-corrected chi connectivity index (χ3v) is 2.61. The Morgan fingerprint density at radius 2 is 1.69 bits per heavy atom. The highest BCUT2D eigenvalue weighted by Gasteiger charge is 1.98. The van der Waals surface area contributed by atoms with Gasteiger partial charge in [-0.15, -0.1) is 0 Å². The van der Waals surface area contributed by atoms with Crippen molar-refractivity contribution in [3.63, 3.8) is 0 Å². The largest absolute Gasteiger partial charge is 0.491 e. The Bertz CT molecular complexity index is 274. The Hall–Kier alpha value is -0.980. The summed E-state index contributed by atoms with van der Waals surface area (Å²) in [7, 11) is 0. The first kappa shape index (κ1) is 13.1. The molecule has 0 bridgehead atoms. The molecule has 0 saturated heterocycles. The second-order valence-electron chi connectivity index (χ2n) is 4.62. The van der Waals surface area contributed by atoms with Gasteiger partial charge in [-0.05, 0) is 44.4 Å². The highest BCUT2D eigenvalue weighted by Crippen LogP contribution is 2.15. The predicted octanol–water partition coefficient (Wildman–Crippen LogP) is 4.60. The van der Waals surface area contributed by atoms with Crippen LogP contribution in [0.1, 0.15) is 52.0 Å². The number of unbranched alkanes of at least 4 members (excludes halogenated alkanes) is 3. The van der Waals surface area contributed by atoms with Gasteiger partial charge in [-0.25, -0.2) is 0 Å². The van der Waals surface area contributed by atoms with Crippen molar-refractivity contribution in [1.29, 1.82) is 0 Å². The van der Waals surface area contributed by atoms with E-state index >= 15 is 0 Å². The zero-order chi connectivity index (χ0) is 11.8. The standard InChI is InChI=1S/C15H24O/c1-4-5-6-7-8-14-9-11-15(12-10-14)16-13(2)3/h9-13H,4-8H2,1-3H3. The van der Waals surface area contributed by atoms with Crippen molar-refractivity contribution in [2.24, 2.45) is 0 Å². The maximum atomic E-state index is 5.61. The summed E-state index contributed by atoms with van der Waals surface area (Å²) in [5.41, 5.74) is 1.42. The Balaban J connectivity index is 2.33. The lowest BCUT2D eigenvalue weighted by Crippen LogP contribution is -2.05. The van der Waals surface area contributed by atoms with E-state index in [0.29, 0.717) is 0 Å². The van der Waals surface area contributed by atoms with Crippen LogP contribution in [0.4, 0.5) is 0 Å². The fourth-order valence-corrected chi connectivity index (χ4v) is 1.76. The van der Waals surface area contributed by atoms with Gasteiger partial charge in [-0.2, -0.15) is 0 Å². The molecule has 1 aromatic carbocycles. The van der Waals surface area contributed by atoms with E-state index in [-0.39, 0.29) is 6.10 Å². The van der Waals surface area contributed by atoms with Gasteiger partial charge in [0.05, 0.1) is 6.10 Å². The lowest BCUT2D eigenvalue weighted by molar-refractivity contribution is 0.242. The van der Waals surface area contributed by atoms with E-state index in [1.165, 1.54) is 37.7 Å². The van der Waals surface area contributed by atoms with E-state index in [2.05, 4.69) is 45.0 Å². The molecule has 0 radical (unpaired) electrons. The number of ether oxygens (including phenoxy) is 1. The van der Waals surface area contributed by atoms with Gasteiger partial charge in [0.15, 0.2) is 0 Å². The minimum absolute atomic E-state index is 0.260. The molecule has 0 N–H and O–H groups in total. The smallest absolute Gasteiger partial charge is 0.119 e. The van der Waals surface area contributed by atoms with Crippen molar-refractivity contribution in [2.45, 2.75) is 59.0 Å². The molecule has 0 atom stereocenters. The lowest BCUT2D eigenvalue weighted by Gasteiger charge is -2.10. The average molecular weight is 220 g/mol. The Labute approximate surface area is 99.8 Å². The fraction of sp³-hybridized carbons (Fsp3) is 0.600. The summed E-state index contributed by atoms with van der Waals surface area (Å²) in [5.74, 6) is 0.979. The Morgan fingerprint density at radius 1 is 1.00 bits per heavy atom. The van der Waals surface area contributed by atoms with Gasteiger partial charge in [0, 0.05) is 0 Å². The lowest BCUT2D eigenvalue weighted by atomic mass is 10.1. The van der Waals surface area contributed by atoms with Crippen molar-refractivity contribution in [3.8, 4) is 5.75 Å². The minimum Gasteiger partial charge on any atom is -0.491 e. The first-order chi connectivity index (χ1) is 7.72. The van der Waals surface area contributed by atoms with E-state index in [4.69, 9.17) is 4.74 Å². The highest BCUT2D eigenvalue weighted by atomic mass is 16.5. The summed E-state index contributed by atoms with van der Waals surface area (Å²) in [4.78, 5) is 0. The first-order valence-electron chi connectivity index (χ1n) is 6.48. The summed E-state index contributed by atoms with van der Waals surface area (Å²) >= 11 is 0. The monoisotopic (exact) mass is 220 g/mol. The molecular formula is C15H24O. The van der Waals surface area contributed by atoms with E-state index in [9.17, 15) is 0 Å². The molecule has 1 nitrogen and oxygen atoms in total. The van der Waals surface area contributed by atoms with Crippen LogP contribution in [0.3, 0.4) is 0 Å². The molecule has 90 valence electrons. The molecule has 1 heteroatoms. The molecule has 0 aromatic heterocycles. The minimum atomic E-state index is 0.260. The third-order valence-electron chi connectivity index (χ3n) is 2.61. The van der Waals surface area contributed by atoms with Crippen LogP contribution in [0.5, 0.6) is 5.75 Å². The fourth-order valence-electron chi connectivity index (χ4n) is 1.76. The van der Waals surface area contributed by atoms with Crippen molar-refractivity contribution in [1.82, 2.24) is 0 Å². The van der Waals surface area contributed by atoms with Gasteiger partial charge < -0.3 is 4.74 Å². The molecule has 0 aliphatic rings. The molecule has 16 heavy (non-hydrogen) atoms. The van der Waals surface area contributed by atoms with E-state index in [1.807, 2.05) is 0 Å². The summed E-state index contributed by atoms with van der Waals surface area (Å²) in [6, 6.07) is 8.53. The summed E-state index contributed by atoms with van der Waals surface area (Å²) in [6.07, 6.45) is 6.77. The average Bonchev–Trinajstić information content (AvgIpc) is 2.26. The van der Waals surface area contributed by atoms with Gasteiger partial charge in [0.2, 0.25) is 0 Å². The zero-order valence-electron chi connectivity index (χ0n) is 10.8. The van der Waals surface area contributed by atoms with E-state index in [1.54, 1.807) is 0 Å². The highest BCUT2D eigenvalue weighted by molar-refractivity contribution is 5.27. The maximum Gasteiger partial charge on any atom is 0.119 e. The number of aryl methyl sites for hydroxylation is 1. The van der Waals surface area contributed by atoms with Crippen LogP contribution >= 0.6 is 0 Å². The molecule has 0 heterocycles. The van der Waals surface area contributed by atoms with E-state index in [0.717, 1.165) is 5.75 Å². The van der Waals surface area contributed by atoms with Crippen LogP contribution in [-0.4, -0.2) is 6.10 Å². The van der Waals surface area contributed by atoms with Crippen molar-refractivity contribution >= 4 is 0 Å². The number of hydrogen-bond acceptors (Lipinski definition) is 1. The van der Waals surface area contributed by atoms with Gasteiger partial charge in [0.1, 0.15) is 5.75 Å². The summed E-state index contributed by atoms with van der Waals surface area (Å²) < 4.78 is 5.61. The normalized spacial score (nSPS) is 10.8. The predicted molar refractivity (Wildman–Crippen MR) is 70.1 cm³/mol. The molecule has 1 aromatic rings. The molecule has 0 fully saturated rings. The van der Waals surface area contributed by atoms with Gasteiger partial charge in [0.25, 0.3) is 0 Å². The van der Waals surface area contributed by atoms with Crippen LogP contribution < -0.4 is 4.74 Å². The maximum absolute atomic E-state index is 5.61.